The summed E-state index contributed by atoms with van der Waals surface area (Å²) in [6.07, 6.45) is 4.85. The minimum atomic E-state index is -0.992. The summed E-state index contributed by atoms with van der Waals surface area (Å²) >= 11 is 0. The molecule has 4 aromatic rings. The Bertz CT molecular complexity index is 1380. The average Bonchev–Trinajstić information content (AvgIpc) is 3.20. The van der Waals surface area contributed by atoms with Gasteiger partial charge in [0.15, 0.2) is 11.9 Å². The van der Waals surface area contributed by atoms with Crippen LogP contribution >= 0.6 is 0 Å². The molecular formula is C29H26FNO4. The van der Waals surface area contributed by atoms with E-state index in [0.29, 0.717) is 23.1 Å². The number of nitrogens with zero attached hydrogens (tertiary/aromatic N) is 1. The fourth-order valence-electron chi connectivity index (χ4n) is 3.78. The Kier molecular flexibility index (Phi) is 7.22. The van der Waals surface area contributed by atoms with Crippen LogP contribution in [0.1, 0.15) is 39.5 Å². The highest BCUT2D eigenvalue weighted by Crippen LogP contribution is 2.25. The van der Waals surface area contributed by atoms with E-state index in [1.807, 2.05) is 60.0 Å². The van der Waals surface area contributed by atoms with Gasteiger partial charge in [-0.3, -0.25) is 4.79 Å². The van der Waals surface area contributed by atoms with E-state index in [1.165, 1.54) is 19.1 Å². The molecule has 1 N–H and O–H groups in total. The van der Waals surface area contributed by atoms with E-state index >= 15 is 0 Å². The van der Waals surface area contributed by atoms with Gasteiger partial charge in [0.05, 0.1) is 6.61 Å². The van der Waals surface area contributed by atoms with Gasteiger partial charge in [-0.05, 0) is 43.2 Å². The summed E-state index contributed by atoms with van der Waals surface area (Å²) in [5.74, 6) is -1.52. The minimum Gasteiger partial charge on any atom is -0.479 e. The molecule has 0 fully saturated rings. The molecule has 0 bridgehead atoms. The Morgan fingerprint density at radius 3 is 2.46 bits per heavy atom. The smallest absolute Gasteiger partial charge is 0.332 e. The molecule has 0 amide bonds. The van der Waals surface area contributed by atoms with Gasteiger partial charge in [0.1, 0.15) is 5.82 Å². The second-order valence-electron chi connectivity index (χ2n) is 8.49. The number of carbonyl (C=O) groups is 2. The average molecular weight is 472 g/mol. The van der Waals surface area contributed by atoms with Gasteiger partial charge in [-0.15, -0.1) is 0 Å². The van der Waals surface area contributed by atoms with Crippen molar-refractivity contribution in [3.8, 4) is 0 Å². The molecular weight excluding hydrogens is 445 g/mol. The molecule has 0 saturated heterocycles. The lowest BCUT2D eigenvalue weighted by Crippen LogP contribution is -2.19. The fraction of sp³-hybridized carbons (Fsp3) is 0.172. The van der Waals surface area contributed by atoms with E-state index < -0.39 is 12.1 Å². The lowest BCUT2D eigenvalue weighted by molar-refractivity contribution is -0.149. The van der Waals surface area contributed by atoms with E-state index in [4.69, 9.17) is 9.84 Å². The van der Waals surface area contributed by atoms with Crippen LogP contribution in [0.4, 0.5) is 4.39 Å². The number of aliphatic carboxylic acids is 1. The Balaban J connectivity index is 1.51. The predicted molar refractivity (Wildman–Crippen MR) is 134 cm³/mol. The number of hydrogen-bond donors (Lipinski definition) is 1. The maximum Gasteiger partial charge on any atom is 0.332 e. The van der Waals surface area contributed by atoms with Crippen molar-refractivity contribution >= 4 is 28.7 Å². The molecule has 0 radical (unpaired) electrons. The molecule has 178 valence electrons. The molecule has 0 spiro atoms. The molecule has 0 aliphatic heterocycles. The number of carboxylic acids is 1. The number of hydrogen-bond acceptors (Lipinski definition) is 3. The molecule has 35 heavy (non-hydrogen) atoms. The van der Waals surface area contributed by atoms with Crippen molar-refractivity contribution in [2.75, 3.05) is 0 Å². The molecule has 6 heteroatoms. The number of aromatic nitrogens is 1. The van der Waals surface area contributed by atoms with Gasteiger partial charge in [0.25, 0.3) is 0 Å². The fourth-order valence-corrected chi connectivity index (χ4v) is 3.78. The van der Waals surface area contributed by atoms with Crippen LogP contribution in [0.25, 0.3) is 17.0 Å². The monoisotopic (exact) mass is 471 g/mol. The van der Waals surface area contributed by atoms with E-state index in [2.05, 4.69) is 0 Å². The first-order valence-corrected chi connectivity index (χ1v) is 11.3. The number of carbonyl (C=O) groups excluding carboxylic acids is 1. The van der Waals surface area contributed by atoms with Crippen molar-refractivity contribution in [3.63, 3.8) is 0 Å². The van der Waals surface area contributed by atoms with Gasteiger partial charge in [-0.25, -0.2) is 9.18 Å². The Labute approximate surface area is 203 Å². The zero-order valence-corrected chi connectivity index (χ0v) is 19.6. The lowest BCUT2D eigenvalue weighted by Gasteiger charge is -2.08. The number of carboxylic acid groups (broad SMARTS) is 1. The molecule has 1 aromatic heterocycles. The third-order valence-electron chi connectivity index (χ3n) is 5.84. The third kappa shape index (κ3) is 5.73. The summed E-state index contributed by atoms with van der Waals surface area (Å²) in [5, 5.41) is 9.49. The van der Waals surface area contributed by atoms with Crippen LogP contribution in [0.5, 0.6) is 0 Å². The van der Waals surface area contributed by atoms with E-state index in [1.54, 1.807) is 24.4 Å². The van der Waals surface area contributed by atoms with Gasteiger partial charge in [-0.2, -0.15) is 0 Å². The standard InChI is InChI=1S/C29H26FNO4/c1-19-5-11-23(12-6-19)28(32)26-17-31(27-14-13-24(30)16-25(26)27)15-3-4-21-7-9-22(10-8-21)18-35-20(2)29(33)34/h3-14,16-17,20H,15,18H2,1-2H3,(H,33,34)/t20-/m1/s1. The first kappa shape index (κ1) is 24.1. The second kappa shape index (κ2) is 10.5. The quantitative estimate of drug-likeness (QED) is 0.303. The second-order valence-corrected chi connectivity index (χ2v) is 8.49. The number of benzene rings is 3. The highest BCUT2D eigenvalue weighted by atomic mass is 19.1. The SMILES string of the molecule is Cc1ccc(C(=O)c2cn(CC=Cc3ccc(CO[C@H](C)C(=O)O)cc3)c3ccc(F)cc23)cc1. The summed E-state index contributed by atoms with van der Waals surface area (Å²) < 4.78 is 21.3. The van der Waals surface area contributed by atoms with Crippen molar-refractivity contribution in [1.29, 1.82) is 0 Å². The zero-order chi connectivity index (χ0) is 24.9. The molecule has 0 aliphatic carbocycles. The lowest BCUT2D eigenvalue weighted by atomic mass is 10.0. The van der Waals surface area contributed by atoms with Crippen LogP contribution in [-0.4, -0.2) is 27.5 Å². The molecule has 0 saturated carbocycles. The number of aryl methyl sites for hydroxylation is 1. The van der Waals surface area contributed by atoms with Crippen molar-refractivity contribution in [2.45, 2.75) is 33.1 Å². The number of halogens is 1. The van der Waals surface area contributed by atoms with Gasteiger partial charge in [-0.1, -0.05) is 66.2 Å². The maximum absolute atomic E-state index is 14.0. The Hall–Kier alpha value is -4.03. The zero-order valence-electron chi connectivity index (χ0n) is 19.6. The van der Waals surface area contributed by atoms with Gasteiger partial charge in [0, 0.05) is 34.8 Å². The largest absolute Gasteiger partial charge is 0.479 e. The van der Waals surface area contributed by atoms with Gasteiger partial charge >= 0.3 is 5.97 Å². The summed E-state index contributed by atoms with van der Waals surface area (Å²) in [7, 11) is 0. The van der Waals surface area contributed by atoms with Crippen LogP contribution in [0.15, 0.2) is 79.0 Å². The van der Waals surface area contributed by atoms with Crippen molar-refractivity contribution in [3.05, 3.63) is 113 Å². The molecule has 0 unspecified atom stereocenters. The van der Waals surface area contributed by atoms with Crippen LogP contribution in [0.2, 0.25) is 0 Å². The van der Waals surface area contributed by atoms with Crippen LogP contribution in [-0.2, 0) is 22.7 Å². The normalized spacial score (nSPS) is 12.3. The molecule has 1 heterocycles. The number of fused-ring (bicyclic) bond motifs is 1. The van der Waals surface area contributed by atoms with Crippen LogP contribution in [0, 0.1) is 12.7 Å². The molecule has 5 nitrogen and oxygen atoms in total. The predicted octanol–water partition coefficient (Wildman–Crippen LogP) is 6.02. The van der Waals surface area contributed by atoms with Crippen molar-refractivity contribution < 1.29 is 23.8 Å². The molecule has 4 rings (SSSR count). The number of rotatable bonds is 9. The van der Waals surface area contributed by atoms with E-state index in [0.717, 1.165) is 22.2 Å². The maximum atomic E-state index is 14.0. The summed E-state index contributed by atoms with van der Waals surface area (Å²) in [5.41, 5.74) is 4.74. The first-order chi connectivity index (χ1) is 16.8. The topological polar surface area (TPSA) is 68.5 Å². The number of allylic oxidation sites excluding steroid dienone is 1. The third-order valence-corrected chi connectivity index (χ3v) is 5.84. The summed E-state index contributed by atoms with van der Waals surface area (Å²) in [6, 6.07) is 19.5. The highest BCUT2D eigenvalue weighted by molar-refractivity contribution is 6.16. The van der Waals surface area contributed by atoms with E-state index in [9.17, 15) is 14.0 Å². The molecule has 0 aliphatic rings. The molecule has 3 aromatic carbocycles. The Morgan fingerprint density at radius 2 is 1.77 bits per heavy atom. The number of ether oxygens (including phenoxy) is 1. The Morgan fingerprint density at radius 1 is 1.06 bits per heavy atom. The van der Waals surface area contributed by atoms with Crippen molar-refractivity contribution in [1.82, 2.24) is 4.57 Å². The van der Waals surface area contributed by atoms with Gasteiger partial charge < -0.3 is 14.4 Å². The van der Waals surface area contributed by atoms with Crippen LogP contribution < -0.4 is 0 Å². The first-order valence-electron chi connectivity index (χ1n) is 11.3. The summed E-state index contributed by atoms with van der Waals surface area (Å²) in [6.45, 7) is 4.19. The van der Waals surface area contributed by atoms with Crippen LogP contribution in [0.3, 0.4) is 0 Å². The summed E-state index contributed by atoms with van der Waals surface area (Å²) in [4.78, 5) is 24.0. The van der Waals surface area contributed by atoms with Gasteiger partial charge in [0.2, 0.25) is 0 Å². The number of ketones is 1. The minimum absolute atomic E-state index is 0.140. The van der Waals surface area contributed by atoms with Crippen molar-refractivity contribution in [2.24, 2.45) is 0 Å². The molecule has 1 atom stereocenters. The van der Waals surface area contributed by atoms with E-state index in [-0.39, 0.29) is 18.2 Å². The highest BCUT2D eigenvalue weighted by Gasteiger charge is 2.17.